The van der Waals surface area contributed by atoms with Crippen molar-refractivity contribution in [3.63, 3.8) is 0 Å². The first-order valence-corrected chi connectivity index (χ1v) is 11.6. The second-order valence-electron chi connectivity index (χ2n) is 7.38. The monoisotopic (exact) mass is 447 g/mol. The van der Waals surface area contributed by atoms with Crippen LogP contribution >= 0.6 is 0 Å². The van der Waals surface area contributed by atoms with Crippen LogP contribution in [0.15, 0.2) is 45.9 Å². The average Bonchev–Trinajstić information content (AvgIpc) is 3.45. The van der Waals surface area contributed by atoms with E-state index < -0.39 is 16.1 Å². The number of ether oxygens (including phenoxy) is 1. The van der Waals surface area contributed by atoms with Gasteiger partial charge in [-0.05, 0) is 43.2 Å². The normalized spacial score (nSPS) is 17.8. The molecule has 1 aromatic carbocycles. The van der Waals surface area contributed by atoms with E-state index in [0.717, 1.165) is 11.9 Å². The van der Waals surface area contributed by atoms with Crippen molar-refractivity contribution in [2.75, 3.05) is 20.3 Å². The molecule has 0 radical (unpaired) electrons. The van der Waals surface area contributed by atoms with Crippen LogP contribution in [0.4, 0.5) is 0 Å². The largest absolute Gasteiger partial charge is 0.467 e. The van der Waals surface area contributed by atoms with Gasteiger partial charge in [0.2, 0.25) is 15.9 Å². The van der Waals surface area contributed by atoms with Crippen LogP contribution in [-0.4, -0.2) is 59.9 Å². The molecule has 166 valence electrons. The first-order chi connectivity index (χ1) is 15.0. The van der Waals surface area contributed by atoms with Crippen LogP contribution in [-0.2, 0) is 32.6 Å². The Hall–Kier alpha value is -2.76. The molecule has 1 saturated heterocycles. The fraction of sp³-hybridized carbons (Fsp3) is 0.450. The highest BCUT2D eigenvalue weighted by Gasteiger charge is 2.37. The number of aromatic nitrogens is 3. The molecule has 1 aliphatic rings. The van der Waals surface area contributed by atoms with E-state index in [9.17, 15) is 13.2 Å². The number of fused-ring (bicyclic) bond motifs is 1. The number of furan rings is 1. The molecule has 31 heavy (non-hydrogen) atoms. The molecule has 0 spiro atoms. The fourth-order valence-electron chi connectivity index (χ4n) is 3.75. The molecule has 1 aliphatic heterocycles. The highest BCUT2D eigenvalue weighted by molar-refractivity contribution is 7.89. The number of benzene rings is 1. The van der Waals surface area contributed by atoms with Crippen LogP contribution < -0.4 is 5.32 Å². The molecule has 1 unspecified atom stereocenters. The lowest BCUT2D eigenvalue weighted by Crippen LogP contribution is -2.51. The summed E-state index contributed by atoms with van der Waals surface area (Å²) in [6.45, 7) is 1.50. The summed E-state index contributed by atoms with van der Waals surface area (Å²) in [4.78, 5) is 12.9. The minimum absolute atomic E-state index is 0.101. The van der Waals surface area contributed by atoms with Crippen molar-refractivity contribution >= 4 is 27.0 Å². The average molecular weight is 448 g/mol. The molecule has 4 rings (SSSR count). The van der Waals surface area contributed by atoms with Crippen molar-refractivity contribution in [1.82, 2.24) is 24.6 Å². The number of hydrogen-bond acceptors (Lipinski definition) is 7. The van der Waals surface area contributed by atoms with E-state index in [0.29, 0.717) is 43.8 Å². The SMILES string of the molecule is COCCn1nnc2cc(S(=O)(=O)N3CCCCC3C(=O)NCc3ccco3)ccc21. The molecule has 2 aromatic heterocycles. The Morgan fingerprint density at radius 1 is 1.32 bits per heavy atom. The standard InChI is InChI=1S/C20H25N5O5S/c1-29-12-10-24-18-8-7-16(13-17(18)22-23-24)31(27,28)25-9-3-2-6-19(25)20(26)21-14-15-5-4-11-30-15/h4-5,7-8,11,13,19H,2-3,6,9-10,12,14H2,1H3,(H,21,26). The van der Waals surface area contributed by atoms with E-state index in [1.54, 1.807) is 30.0 Å². The quantitative estimate of drug-likeness (QED) is 0.556. The van der Waals surface area contributed by atoms with E-state index >= 15 is 0 Å². The molecular formula is C20H25N5O5S. The lowest BCUT2D eigenvalue weighted by molar-refractivity contribution is -0.125. The zero-order chi connectivity index (χ0) is 21.8. The predicted octanol–water partition coefficient (Wildman–Crippen LogP) is 1.53. The molecule has 11 heteroatoms. The zero-order valence-electron chi connectivity index (χ0n) is 17.2. The Balaban J connectivity index is 1.55. The molecule has 1 fully saturated rings. The number of rotatable bonds is 8. The van der Waals surface area contributed by atoms with Gasteiger partial charge in [0, 0.05) is 13.7 Å². The van der Waals surface area contributed by atoms with Gasteiger partial charge in [-0.25, -0.2) is 13.1 Å². The smallest absolute Gasteiger partial charge is 0.243 e. The predicted molar refractivity (Wildman–Crippen MR) is 111 cm³/mol. The Kier molecular flexibility index (Phi) is 6.35. The summed E-state index contributed by atoms with van der Waals surface area (Å²) in [5, 5.41) is 10.9. The minimum Gasteiger partial charge on any atom is -0.467 e. The lowest BCUT2D eigenvalue weighted by atomic mass is 10.0. The van der Waals surface area contributed by atoms with Gasteiger partial charge in [-0.3, -0.25) is 4.79 Å². The number of sulfonamides is 1. The highest BCUT2D eigenvalue weighted by Crippen LogP contribution is 2.27. The first kappa shape index (κ1) is 21.5. The Morgan fingerprint density at radius 2 is 2.19 bits per heavy atom. The second-order valence-corrected chi connectivity index (χ2v) is 9.27. The molecule has 0 saturated carbocycles. The number of piperidine rings is 1. The number of hydrogen-bond donors (Lipinski definition) is 1. The Morgan fingerprint density at radius 3 is 2.97 bits per heavy atom. The molecule has 10 nitrogen and oxygen atoms in total. The summed E-state index contributed by atoms with van der Waals surface area (Å²) in [5.74, 6) is 0.284. The topological polar surface area (TPSA) is 120 Å². The van der Waals surface area contributed by atoms with Gasteiger partial charge in [-0.15, -0.1) is 5.10 Å². The molecule has 0 aliphatic carbocycles. The maximum Gasteiger partial charge on any atom is 0.243 e. The van der Waals surface area contributed by atoms with E-state index in [1.165, 1.54) is 22.7 Å². The first-order valence-electron chi connectivity index (χ1n) is 10.1. The molecule has 0 bridgehead atoms. The van der Waals surface area contributed by atoms with Gasteiger partial charge in [-0.2, -0.15) is 4.31 Å². The number of nitrogens with zero attached hydrogens (tertiary/aromatic N) is 4. The second kappa shape index (κ2) is 9.16. The minimum atomic E-state index is -3.88. The third-order valence-corrected chi connectivity index (χ3v) is 7.28. The van der Waals surface area contributed by atoms with Crippen molar-refractivity contribution in [3.05, 3.63) is 42.4 Å². The van der Waals surface area contributed by atoms with Gasteiger partial charge < -0.3 is 14.5 Å². The summed E-state index contributed by atoms with van der Waals surface area (Å²) in [6.07, 6.45) is 3.49. The van der Waals surface area contributed by atoms with Crippen LogP contribution in [0.25, 0.3) is 11.0 Å². The van der Waals surface area contributed by atoms with Crippen LogP contribution in [0, 0.1) is 0 Å². The van der Waals surface area contributed by atoms with Crippen molar-refractivity contribution in [3.8, 4) is 0 Å². The van der Waals surface area contributed by atoms with Gasteiger partial charge in [-0.1, -0.05) is 11.6 Å². The van der Waals surface area contributed by atoms with Gasteiger partial charge in [0.15, 0.2) is 0 Å². The summed E-state index contributed by atoms with van der Waals surface area (Å²) in [5.41, 5.74) is 1.20. The summed E-state index contributed by atoms with van der Waals surface area (Å²) in [6, 6.07) is 7.46. The van der Waals surface area contributed by atoms with Gasteiger partial charge in [0.1, 0.15) is 17.3 Å². The van der Waals surface area contributed by atoms with Gasteiger partial charge >= 0.3 is 0 Å². The van der Waals surface area contributed by atoms with Crippen LogP contribution in [0.2, 0.25) is 0 Å². The van der Waals surface area contributed by atoms with Crippen LogP contribution in [0.5, 0.6) is 0 Å². The van der Waals surface area contributed by atoms with Crippen molar-refractivity contribution in [2.45, 2.75) is 43.3 Å². The summed E-state index contributed by atoms with van der Waals surface area (Å²) >= 11 is 0. The summed E-state index contributed by atoms with van der Waals surface area (Å²) < 4.78 is 40.1. The fourth-order valence-corrected chi connectivity index (χ4v) is 5.43. The number of carbonyl (C=O) groups is 1. The molecular weight excluding hydrogens is 422 g/mol. The maximum atomic E-state index is 13.4. The van der Waals surface area contributed by atoms with Crippen LogP contribution in [0.1, 0.15) is 25.0 Å². The molecule has 1 amide bonds. The third kappa shape index (κ3) is 4.48. The molecule has 1 atom stereocenters. The number of methoxy groups -OCH3 is 1. The Bertz CT molecular complexity index is 1140. The van der Waals surface area contributed by atoms with E-state index in [-0.39, 0.29) is 17.3 Å². The maximum absolute atomic E-state index is 13.4. The van der Waals surface area contributed by atoms with Gasteiger partial charge in [0.25, 0.3) is 0 Å². The lowest BCUT2D eigenvalue weighted by Gasteiger charge is -2.33. The van der Waals surface area contributed by atoms with E-state index in [1.807, 2.05) is 0 Å². The third-order valence-electron chi connectivity index (χ3n) is 5.37. The zero-order valence-corrected chi connectivity index (χ0v) is 18.0. The van der Waals surface area contributed by atoms with Crippen molar-refractivity contribution < 1.29 is 22.4 Å². The Labute approximate surface area is 180 Å². The highest BCUT2D eigenvalue weighted by atomic mass is 32.2. The number of amides is 1. The number of carbonyl (C=O) groups excluding carboxylic acids is 1. The van der Waals surface area contributed by atoms with Crippen molar-refractivity contribution in [2.24, 2.45) is 0 Å². The molecule has 3 heterocycles. The number of nitrogens with one attached hydrogen (secondary N) is 1. The summed E-state index contributed by atoms with van der Waals surface area (Å²) in [7, 11) is -2.28. The van der Waals surface area contributed by atoms with Crippen molar-refractivity contribution in [1.29, 1.82) is 0 Å². The van der Waals surface area contributed by atoms with Crippen LogP contribution in [0.3, 0.4) is 0 Å². The molecule has 1 N–H and O–H groups in total. The van der Waals surface area contributed by atoms with E-state index in [4.69, 9.17) is 9.15 Å². The van der Waals surface area contributed by atoms with E-state index in [2.05, 4.69) is 15.6 Å². The molecule has 3 aromatic rings. The van der Waals surface area contributed by atoms with Gasteiger partial charge in [0.05, 0.1) is 36.4 Å².